The molecule has 0 atom stereocenters. The molecule has 0 aliphatic carbocycles. The first-order valence-corrected chi connectivity index (χ1v) is 3.17. The van der Waals surface area contributed by atoms with E-state index in [1.54, 1.807) is 28.9 Å². The molecular weight excluding hydrogens is 142 g/mol. The van der Waals surface area contributed by atoms with E-state index < -0.39 is 0 Å². The topological polar surface area (TPSA) is 46.7 Å². The summed E-state index contributed by atoms with van der Waals surface area (Å²) >= 11 is 0. The number of hydrogen-bond acceptors (Lipinski definition) is 3. The minimum atomic E-state index is 0.373. The quantitative estimate of drug-likeness (QED) is 0.576. The van der Waals surface area contributed by atoms with E-state index in [0.717, 1.165) is 0 Å². The van der Waals surface area contributed by atoms with Gasteiger partial charge in [-0.1, -0.05) is 0 Å². The van der Waals surface area contributed by atoms with Crippen LogP contribution in [-0.4, -0.2) is 9.38 Å². The van der Waals surface area contributed by atoms with E-state index in [2.05, 4.69) is 10.2 Å². The van der Waals surface area contributed by atoms with Gasteiger partial charge in [0.15, 0.2) is 11.3 Å². The smallest absolute Gasteiger partial charge is 0.166 e. The first kappa shape index (κ1) is 6.03. The zero-order valence-corrected chi connectivity index (χ0v) is 5.64. The maximum Gasteiger partial charge on any atom is 0.166 e. The van der Waals surface area contributed by atoms with Gasteiger partial charge in [-0.05, 0) is 17.3 Å². The molecule has 0 unspecified atom stereocenters. The number of aromatic nitrogens is 2. The van der Waals surface area contributed by atoms with E-state index in [9.17, 15) is 4.91 Å². The van der Waals surface area contributed by atoms with E-state index in [4.69, 9.17) is 0 Å². The third-order valence-corrected chi connectivity index (χ3v) is 1.50. The van der Waals surface area contributed by atoms with Gasteiger partial charge in [-0.25, -0.2) is 4.98 Å². The van der Waals surface area contributed by atoms with Crippen molar-refractivity contribution in [3.8, 4) is 0 Å². The number of nitroso groups, excluding NO2 is 1. The fraction of sp³-hybridized carbons (Fsp3) is 0. The lowest BCUT2D eigenvalue weighted by atomic mass is 10.4. The minimum Gasteiger partial charge on any atom is -0.305 e. The average molecular weight is 147 g/mol. The highest BCUT2D eigenvalue weighted by Crippen LogP contribution is 2.16. The zero-order valence-electron chi connectivity index (χ0n) is 5.64. The molecule has 0 saturated carbocycles. The second kappa shape index (κ2) is 2.16. The van der Waals surface area contributed by atoms with Crippen molar-refractivity contribution >= 4 is 11.3 Å². The van der Waals surface area contributed by atoms with Crippen molar-refractivity contribution in [1.29, 1.82) is 0 Å². The first-order valence-electron chi connectivity index (χ1n) is 3.17. The Labute approximate surface area is 62.5 Å². The third kappa shape index (κ3) is 0.797. The summed E-state index contributed by atoms with van der Waals surface area (Å²) in [5, 5.41) is 2.84. The van der Waals surface area contributed by atoms with Gasteiger partial charge >= 0.3 is 0 Å². The van der Waals surface area contributed by atoms with Crippen LogP contribution in [0.15, 0.2) is 35.9 Å². The summed E-state index contributed by atoms with van der Waals surface area (Å²) in [6.45, 7) is 0. The van der Waals surface area contributed by atoms with Crippen molar-refractivity contribution in [2.24, 2.45) is 5.18 Å². The van der Waals surface area contributed by atoms with Crippen molar-refractivity contribution in [3.63, 3.8) is 0 Å². The lowest BCUT2D eigenvalue weighted by Crippen LogP contribution is -1.80. The fourth-order valence-electron chi connectivity index (χ4n) is 1.00. The van der Waals surface area contributed by atoms with Crippen molar-refractivity contribution in [3.05, 3.63) is 35.6 Å². The summed E-state index contributed by atoms with van der Waals surface area (Å²) < 4.78 is 1.75. The standard InChI is InChI=1S/C7H5N3O/c11-9-6-2-1-4-10-5-3-8-7(6)10/h1-5H. The van der Waals surface area contributed by atoms with Gasteiger partial charge < -0.3 is 4.40 Å². The Hall–Kier alpha value is -1.71. The summed E-state index contributed by atoms with van der Waals surface area (Å²) in [5.74, 6) is 0. The lowest BCUT2D eigenvalue weighted by Gasteiger charge is -1.91. The van der Waals surface area contributed by atoms with Gasteiger partial charge in [0.1, 0.15) is 0 Å². The maximum atomic E-state index is 10.2. The zero-order chi connectivity index (χ0) is 7.68. The predicted octanol–water partition coefficient (Wildman–Crippen LogP) is 1.73. The molecule has 0 N–H and O–H groups in total. The molecule has 0 saturated heterocycles. The second-order valence-electron chi connectivity index (χ2n) is 2.14. The maximum absolute atomic E-state index is 10.2. The SMILES string of the molecule is O=Nc1cccn2ccnc12. The molecule has 0 spiro atoms. The van der Waals surface area contributed by atoms with Crippen LogP contribution in [0.5, 0.6) is 0 Å². The number of nitrogens with zero attached hydrogens (tertiary/aromatic N) is 3. The molecule has 2 heterocycles. The van der Waals surface area contributed by atoms with Gasteiger partial charge in [-0.15, -0.1) is 4.91 Å². The van der Waals surface area contributed by atoms with Crippen molar-refractivity contribution in [2.45, 2.75) is 0 Å². The van der Waals surface area contributed by atoms with Crippen LogP contribution in [-0.2, 0) is 0 Å². The van der Waals surface area contributed by atoms with E-state index >= 15 is 0 Å². The molecule has 54 valence electrons. The molecule has 0 fully saturated rings. The molecule has 0 aliphatic rings. The molecule has 0 radical (unpaired) electrons. The number of pyridine rings is 1. The molecule has 0 aromatic carbocycles. The number of fused-ring (bicyclic) bond motifs is 1. The van der Waals surface area contributed by atoms with Crippen LogP contribution in [0.25, 0.3) is 5.65 Å². The molecule has 11 heavy (non-hydrogen) atoms. The van der Waals surface area contributed by atoms with Crippen LogP contribution in [0.4, 0.5) is 5.69 Å². The van der Waals surface area contributed by atoms with Crippen LogP contribution in [0, 0.1) is 4.91 Å². The van der Waals surface area contributed by atoms with Gasteiger partial charge in [0, 0.05) is 18.6 Å². The lowest BCUT2D eigenvalue weighted by molar-refractivity contribution is 1.18. The second-order valence-corrected chi connectivity index (χ2v) is 2.14. The normalized spacial score (nSPS) is 10.2. The molecule has 0 aliphatic heterocycles. The largest absolute Gasteiger partial charge is 0.305 e. The van der Waals surface area contributed by atoms with Crippen molar-refractivity contribution < 1.29 is 0 Å². The number of imidazole rings is 1. The fourth-order valence-corrected chi connectivity index (χ4v) is 1.00. The van der Waals surface area contributed by atoms with Crippen molar-refractivity contribution in [2.75, 3.05) is 0 Å². The van der Waals surface area contributed by atoms with Gasteiger partial charge in [0.05, 0.1) is 0 Å². The minimum absolute atomic E-state index is 0.373. The highest BCUT2D eigenvalue weighted by Gasteiger charge is 1.99. The van der Waals surface area contributed by atoms with Crippen LogP contribution >= 0.6 is 0 Å². The Balaban J connectivity index is 2.88. The Kier molecular flexibility index (Phi) is 1.18. The Morgan fingerprint density at radius 2 is 2.36 bits per heavy atom. The van der Waals surface area contributed by atoms with Crippen LogP contribution < -0.4 is 0 Å². The van der Waals surface area contributed by atoms with Gasteiger partial charge in [0.2, 0.25) is 0 Å². The molecule has 4 heteroatoms. The molecule has 2 aromatic heterocycles. The summed E-state index contributed by atoms with van der Waals surface area (Å²) in [4.78, 5) is 14.2. The average Bonchev–Trinajstić information content (AvgIpc) is 2.50. The molecular formula is C7H5N3O. The van der Waals surface area contributed by atoms with Crippen LogP contribution in [0.1, 0.15) is 0 Å². The first-order chi connectivity index (χ1) is 5.42. The highest BCUT2D eigenvalue weighted by atomic mass is 16.3. The monoisotopic (exact) mass is 147 g/mol. The van der Waals surface area contributed by atoms with Gasteiger partial charge in [0.25, 0.3) is 0 Å². The summed E-state index contributed by atoms with van der Waals surface area (Å²) in [6, 6.07) is 3.39. The Bertz CT molecular complexity index is 393. The molecule has 2 aromatic rings. The Morgan fingerprint density at radius 3 is 3.18 bits per heavy atom. The summed E-state index contributed by atoms with van der Waals surface area (Å²) in [7, 11) is 0. The molecule has 0 amide bonds. The predicted molar refractivity (Wildman–Crippen MR) is 40.6 cm³/mol. The van der Waals surface area contributed by atoms with Crippen LogP contribution in [0.2, 0.25) is 0 Å². The van der Waals surface area contributed by atoms with Crippen LogP contribution in [0.3, 0.4) is 0 Å². The highest BCUT2D eigenvalue weighted by molar-refractivity contribution is 5.62. The van der Waals surface area contributed by atoms with E-state index in [1.165, 1.54) is 0 Å². The summed E-state index contributed by atoms with van der Waals surface area (Å²) in [5.41, 5.74) is 0.972. The molecule has 2 rings (SSSR count). The summed E-state index contributed by atoms with van der Waals surface area (Å²) in [6.07, 6.45) is 5.21. The Morgan fingerprint density at radius 1 is 1.45 bits per heavy atom. The van der Waals surface area contributed by atoms with Gasteiger partial charge in [-0.2, -0.15) is 0 Å². The molecule has 4 nitrogen and oxygen atoms in total. The number of rotatable bonds is 1. The number of hydrogen-bond donors (Lipinski definition) is 0. The van der Waals surface area contributed by atoms with E-state index in [1.807, 2.05) is 6.20 Å². The van der Waals surface area contributed by atoms with Gasteiger partial charge in [-0.3, -0.25) is 0 Å². The third-order valence-electron chi connectivity index (χ3n) is 1.50. The van der Waals surface area contributed by atoms with Crippen molar-refractivity contribution in [1.82, 2.24) is 9.38 Å². The molecule has 0 bridgehead atoms. The van der Waals surface area contributed by atoms with E-state index in [0.29, 0.717) is 11.3 Å². The van der Waals surface area contributed by atoms with E-state index in [-0.39, 0.29) is 0 Å².